The molecule has 2 unspecified atom stereocenters. The van der Waals surface area contributed by atoms with E-state index in [1.165, 1.54) is 11.8 Å². The lowest BCUT2D eigenvalue weighted by Crippen LogP contribution is -2.46. The molecule has 0 fully saturated rings. The molecule has 1 rings (SSSR count). The largest absolute Gasteiger partial charge is 0.497 e. The maximum atomic E-state index is 11.4. The molecule has 160 valence electrons. The van der Waals surface area contributed by atoms with Gasteiger partial charge in [0.05, 0.1) is 18.9 Å². The third-order valence-electron chi connectivity index (χ3n) is 4.72. The highest BCUT2D eigenvalue weighted by molar-refractivity contribution is 7.90. The van der Waals surface area contributed by atoms with Crippen molar-refractivity contribution >= 4 is 15.8 Å². The summed E-state index contributed by atoms with van der Waals surface area (Å²) in [7, 11) is 0.426. The molecular weight excluding hydrogens is 376 g/mol. The van der Waals surface area contributed by atoms with Gasteiger partial charge in [-0.15, -0.1) is 0 Å². The fourth-order valence-corrected chi connectivity index (χ4v) is 3.84. The summed E-state index contributed by atoms with van der Waals surface area (Å²) in [6.45, 7) is 8.79. The number of hydrogen-bond donors (Lipinski definition) is 2. The second-order valence-corrected chi connectivity index (χ2v) is 9.19. The minimum atomic E-state index is -2.97. The topological polar surface area (TPSA) is 83.0 Å². The van der Waals surface area contributed by atoms with Crippen molar-refractivity contribution in [3.8, 4) is 5.75 Å². The molecule has 0 aromatic heterocycles. The Morgan fingerprint density at radius 1 is 1.29 bits per heavy atom. The quantitative estimate of drug-likeness (QED) is 0.428. The molecule has 0 radical (unpaired) electrons. The van der Waals surface area contributed by atoms with Gasteiger partial charge in [-0.25, -0.2) is 8.42 Å². The Kier molecular flexibility index (Phi) is 10.3. The SMILES string of the molecule is CCN(CC)C(CNC(=NC)NC(C)CCS(C)(=O)=O)c1cccc(OC)c1. The van der Waals surface area contributed by atoms with Gasteiger partial charge in [-0.3, -0.25) is 9.89 Å². The van der Waals surface area contributed by atoms with Crippen LogP contribution in [-0.2, 0) is 9.84 Å². The van der Waals surface area contributed by atoms with Gasteiger partial charge in [0.25, 0.3) is 0 Å². The summed E-state index contributed by atoms with van der Waals surface area (Å²) < 4.78 is 28.1. The van der Waals surface area contributed by atoms with Crippen molar-refractivity contribution < 1.29 is 13.2 Å². The number of nitrogens with zero attached hydrogens (tertiary/aromatic N) is 2. The summed E-state index contributed by atoms with van der Waals surface area (Å²) in [4.78, 5) is 6.66. The summed E-state index contributed by atoms with van der Waals surface area (Å²) in [6, 6.07) is 8.29. The number of methoxy groups -OCH3 is 1. The van der Waals surface area contributed by atoms with Crippen LogP contribution in [0.2, 0.25) is 0 Å². The Hall–Kier alpha value is -1.80. The van der Waals surface area contributed by atoms with Crippen LogP contribution < -0.4 is 15.4 Å². The van der Waals surface area contributed by atoms with Crippen LogP contribution in [0.1, 0.15) is 38.8 Å². The molecule has 1 aromatic carbocycles. The van der Waals surface area contributed by atoms with E-state index in [9.17, 15) is 8.42 Å². The lowest BCUT2D eigenvalue weighted by molar-refractivity contribution is 0.218. The highest BCUT2D eigenvalue weighted by atomic mass is 32.2. The van der Waals surface area contributed by atoms with Gasteiger partial charge in [0, 0.05) is 25.9 Å². The minimum Gasteiger partial charge on any atom is -0.497 e. The molecule has 0 bridgehead atoms. The number of guanidine groups is 1. The van der Waals surface area contributed by atoms with Gasteiger partial charge in [0.2, 0.25) is 0 Å². The zero-order chi connectivity index (χ0) is 21.2. The van der Waals surface area contributed by atoms with E-state index in [2.05, 4.69) is 46.5 Å². The van der Waals surface area contributed by atoms with E-state index >= 15 is 0 Å². The number of ether oxygens (including phenoxy) is 1. The first-order chi connectivity index (χ1) is 13.2. The summed E-state index contributed by atoms with van der Waals surface area (Å²) in [5.41, 5.74) is 1.18. The number of aliphatic imine (C=N–C) groups is 1. The Bertz CT molecular complexity index is 718. The Morgan fingerprint density at radius 3 is 2.50 bits per heavy atom. The first-order valence-corrected chi connectivity index (χ1v) is 11.8. The van der Waals surface area contributed by atoms with E-state index in [1.807, 2.05) is 19.1 Å². The molecule has 0 heterocycles. The predicted molar refractivity (Wildman–Crippen MR) is 117 cm³/mol. The van der Waals surface area contributed by atoms with Crippen LogP contribution in [0.15, 0.2) is 29.3 Å². The average Bonchev–Trinajstić information content (AvgIpc) is 2.68. The van der Waals surface area contributed by atoms with Crippen molar-refractivity contribution in [2.75, 3.05) is 45.8 Å². The minimum absolute atomic E-state index is 0.00430. The lowest BCUT2D eigenvalue weighted by Gasteiger charge is -2.31. The van der Waals surface area contributed by atoms with E-state index in [0.29, 0.717) is 18.9 Å². The van der Waals surface area contributed by atoms with Crippen LogP contribution in [0.4, 0.5) is 0 Å². The highest BCUT2D eigenvalue weighted by Crippen LogP contribution is 2.23. The summed E-state index contributed by atoms with van der Waals surface area (Å²) in [5.74, 6) is 1.66. The van der Waals surface area contributed by atoms with Crippen molar-refractivity contribution in [3.05, 3.63) is 29.8 Å². The van der Waals surface area contributed by atoms with Crippen molar-refractivity contribution in [1.29, 1.82) is 0 Å². The second kappa shape index (κ2) is 11.9. The molecule has 28 heavy (non-hydrogen) atoms. The predicted octanol–water partition coefficient (Wildman–Crippen LogP) is 2.07. The van der Waals surface area contributed by atoms with Crippen LogP contribution in [-0.4, -0.2) is 71.1 Å². The Morgan fingerprint density at radius 2 is 1.96 bits per heavy atom. The van der Waals surface area contributed by atoms with Gasteiger partial charge in [-0.2, -0.15) is 0 Å². The normalized spacial score (nSPS) is 14.6. The number of nitrogens with one attached hydrogen (secondary N) is 2. The summed E-state index contributed by atoms with van der Waals surface area (Å²) in [6.07, 6.45) is 1.80. The molecule has 0 saturated carbocycles. The molecule has 0 saturated heterocycles. The van der Waals surface area contributed by atoms with Gasteiger partial charge in [0.1, 0.15) is 15.6 Å². The third-order valence-corrected chi connectivity index (χ3v) is 5.70. The Balaban J connectivity index is 2.82. The monoisotopic (exact) mass is 412 g/mol. The van der Waals surface area contributed by atoms with Gasteiger partial charge in [-0.1, -0.05) is 26.0 Å². The van der Waals surface area contributed by atoms with Gasteiger partial charge >= 0.3 is 0 Å². The molecule has 0 aliphatic rings. The fourth-order valence-electron chi connectivity index (χ4n) is 3.06. The van der Waals surface area contributed by atoms with E-state index in [0.717, 1.165) is 18.8 Å². The molecular formula is C20H36N4O3S. The molecule has 2 atom stereocenters. The molecule has 1 aromatic rings. The van der Waals surface area contributed by atoms with Crippen LogP contribution in [0, 0.1) is 0 Å². The number of hydrogen-bond acceptors (Lipinski definition) is 5. The van der Waals surface area contributed by atoms with Crippen LogP contribution >= 0.6 is 0 Å². The highest BCUT2D eigenvalue weighted by Gasteiger charge is 2.19. The van der Waals surface area contributed by atoms with Crippen LogP contribution in [0.5, 0.6) is 5.75 Å². The average molecular weight is 413 g/mol. The first kappa shape index (κ1) is 24.2. The smallest absolute Gasteiger partial charge is 0.191 e. The maximum Gasteiger partial charge on any atom is 0.191 e. The van der Waals surface area contributed by atoms with Gasteiger partial charge in [0.15, 0.2) is 5.96 Å². The summed E-state index contributed by atoms with van der Waals surface area (Å²) >= 11 is 0. The number of benzene rings is 1. The molecule has 0 aliphatic heterocycles. The fraction of sp³-hybridized carbons (Fsp3) is 0.650. The van der Waals surface area contributed by atoms with Crippen molar-refractivity contribution in [1.82, 2.24) is 15.5 Å². The maximum absolute atomic E-state index is 11.4. The molecule has 2 N–H and O–H groups in total. The van der Waals surface area contributed by atoms with Crippen molar-refractivity contribution in [2.24, 2.45) is 4.99 Å². The first-order valence-electron chi connectivity index (χ1n) is 9.76. The van der Waals surface area contributed by atoms with Crippen molar-refractivity contribution in [2.45, 2.75) is 39.3 Å². The zero-order valence-corrected chi connectivity index (χ0v) is 18.8. The van der Waals surface area contributed by atoms with E-state index < -0.39 is 9.84 Å². The zero-order valence-electron chi connectivity index (χ0n) is 18.0. The molecule has 8 heteroatoms. The van der Waals surface area contributed by atoms with Crippen LogP contribution in [0.25, 0.3) is 0 Å². The number of sulfone groups is 1. The van der Waals surface area contributed by atoms with E-state index in [-0.39, 0.29) is 17.8 Å². The molecule has 7 nitrogen and oxygen atoms in total. The number of likely N-dealkylation sites (N-methyl/N-ethyl adjacent to an activating group) is 1. The van der Waals surface area contributed by atoms with Crippen molar-refractivity contribution in [3.63, 3.8) is 0 Å². The van der Waals surface area contributed by atoms with Crippen LogP contribution in [0.3, 0.4) is 0 Å². The summed E-state index contributed by atoms with van der Waals surface area (Å²) in [5, 5.41) is 6.66. The third kappa shape index (κ3) is 8.48. The van der Waals surface area contributed by atoms with E-state index in [4.69, 9.17) is 4.74 Å². The van der Waals surface area contributed by atoms with Gasteiger partial charge in [-0.05, 0) is 44.1 Å². The second-order valence-electron chi connectivity index (χ2n) is 6.93. The number of rotatable bonds is 11. The van der Waals surface area contributed by atoms with E-state index in [1.54, 1.807) is 14.2 Å². The molecule has 0 amide bonds. The lowest BCUT2D eigenvalue weighted by atomic mass is 10.0. The van der Waals surface area contributed by atoms with Gasteiger partial charge < -0.3 is 15.4 Å². The Labute approximate surface area is 170 Å². The standard InChI is InChI=1S/C20H36N4O3S/c1-7-24(8-2)19(17-10-9-11-18(14-17)27-5)15-22-20(21-4)23-16(3)12-13-28(6,25)26/h9-11,14,16,19H,7-8,12-13,15H2,1-6H3,(H2,21,22,23). The molecule has 0 aliphatic carbocycles. The molecule has 0 spiro atoms.